The number of rotatable bonds is 7. The standard InChI is InChI=1S/C20H23N3O3S/c1-4-16-10-12-18(13-11-16)27(24,25)23(15(2)3)14-19-21-22-20(26-19)17-8-6-5-7-9-17/h5-13,15H,4,14H2,1-3H3. The molecule has 0 radical (unpaired) electrons. The molecular formula is C20H23N3O3S. The van der Waals surface area contributed by atoms with Gasteiger partial charge in [-0.1, -0.05) is 37.3 Å². The Morgan fingerprint density at radius 3 is 2.26 bits per heavy atom. The van der Waals surface area contributed by atoms with Crippen molar-refractivity contribution < 1.29 is 12.8 Å². The zero-order valence-electron chi connectivity index (χ0n) is 15.7. The van der Waals surface area contributed by atoms with Crippen LogP contribution in [0.15, 0.2) is 63.9 Å². The molecule has 0 atom stereocenters. The van der Waals surface area contributed by atoms with Crippen LogP contribution < -0.4 is 0 Å². The highest BCUT2D eigenvalue weighted by Gasteiger charge is 2.29. The zero-order valence-corrected chi connectivity index (χ0v) is 16.5. The Bertz CT molecular complexity index is 981. The van der Waals surface area contributed by atoms with Crippen LogP contribution in [0.5, 0.6) is 0 Å². The molecule has 142 valence electrons. The van der Waals surface area contributed by atoms with Gasteiger partial charge < -0.3 is 4.42 Å². The highest BCUT2D eigenvalue weighted by molar-refractivity contribution is 7.89. The highest BCUT2D eigenvalue weighted by atomic mass is 32.2. The molecule has 0 bridgehead atoms. The van der Waals surface area contributed by atoms with E-state index in [1.54, 1.807) is 12.1 Å². The van der Waals surface area contributed by atoms with E-state index >= 15 is 0 Å². The van der Waals surface area contributed by atoms with Crippen molar-refractivity contribution in [3.8, 4) is 11.5 Å². The minimum atomic E-state index is -3.67. The molecule has 0 spiro atoms. The number of nitrogens with zero attached hydrogens (tertiary/aromatic N) is 3. The van der Waals surface area contributed by atoms with E-state index in [2.05, 4.69) is 10.2 Å². The topological polar surface area (TPSA) is 76.3 Å². The van der Waals surface area contributed by atoms with E-state index in [-0.39, 0.29) is 23.4 Å². The maximum Gasteiger partial charge on any atom is 0.247 e. The van der Waals surface area contributed by atoms with Crippen LogP contribution in [0.1, 0.15) is 32.2 Å². The van der Waals surface area contributed by atoms with Gasteiger partial charge in [-0.3, -0.25) is 0 Å². The van der Waals surface area contributed by atoms with Gasteiger partial charge in [0.15, 0.2) is 0 Å². The average Bonchev–Trinajstić information content (AvgIpc) is 3.15. The van der Waals surface area contributed by atoms with Gasteiger partial charge in [-0.25, -0.2) is 8.42 Å². The Hall–Kier alpha value is -2.51. The van der Waals surface area contributed by atoms with Crippen molar-refractivity contribution in [2.24, 2.45) is 0 Å². The van der Waals surface area contributed by atoms with Gasteiger partial charge in [0.2, 0.25) is 21.8 Å². The second-order valence-corrected chi connectivity index (χ2v) is 8.40. The molecule has 0 saturated carbocycles. The van der Waals surface area contributed by atoms with Gasteiger partial charge in [-0.15, -0.1) is 10.2 Å². The van der Waals surface area contributed by atoms with Crippen LogP contribution in [0.3, 0.4) is 0 Å². The lowest BCUT2D eigenvalue weighted by molar-refractivity contribution is 0.313. The molecule has 7 heteroatoms. The number of hydrogen-bond donors (Lipinski definition) is 0. The van der Waals surface area contributed by atoms with Gasteiger partial charge >= 0.3 is 0 Å². The first-order valence-electron chi connectivity index (χ1n) is 8.90. The Morgan fingerprint density at radius 2 is 1.67 bits per heavy atom. The van der Waals surface area contributed by atoms with Crippen LogP contribution in [0, 0.1) is 0 Å². The summed E-state index contributed by atoms with van der Waals surface area (Å²) < 4.78 is 33.2. The van der Waals surface area contributed by atoms with E-state index < -0.39 is 10.0 Å². The molecule has 2 aromatic carbocycles. The molecule has 0 amide bonds. The van der Waals surface area contributed by atoms with Crippen molar-refractivity contribution in [1.29, 1.82) is 0 Å². The van der Waals surface area contributed by atoms with Crippen LogP contribution >= 0.6 is 0 Å². The van der Waals surface area contributed by atoms with Gasteiger partial charge in [0, 0.05) is 11.6 Å². The first-order chi connectivity index (χ1) is 12.9. The number of aryl methyl sites for hydroxylation is 1. The number of benzene rings is 2. The van der Waals surface area contributed by atoms with E-state index in [1.807, 2.05) is 63.2 Å². The summed E-state index contributed by atoms with van der Waals surface area (Å²) in [4.78, 5) is 0.260. The molecule has 6 nitrogen and oxygen atoms in total. The summed E-state index contributed by atoms with van der Waals surface area (Å²) in [6, 6.07) is 16.1. The van der Waals surface area contributed by atoms with Gasteiger partial charge in [-0.2, -0.15) is 4.31 Å². The number of hydrogen-bond acceptors (Lipinski definition) is 5. The minimum Gasteiger partial charge on any atom is -0.419 e. The van der Waals surface area contributed by atoms with E-state index in [0.29, 0.717) is 5.89 Å². The van der Waals surface area contributed by atoms with Crippen LogP contribution in [-0.4, -0.2) is 29.0 Å². The third kappa shape index (κ3) is 4.26. The normalized spacial score (nSPS) is 12.0. The largest absolute Gasteiger partial charge is 0.419 e. The molecule has 0 N–H and O–H groups in total. The van der Waals surface area contributed by atoms with Crippen LogP contribution in [0.4, 0.5) is 0 Å². The van der Waals surface area contributed by atoms with Crippen molar-refractivity contribution >= 4 is 10.0 Å². The number of aromatic nitrogens is 2. The Morgan fingerprint density at radius 1 is 1.00 bits per heavy atom. The van der Waals surface area contributed by atoms with E-state index in [0.717, 1.165) is 17.5 Å². The predicted molar refractivity (Wildman–Crippen MR) is 103 cm³/mol. The maximum atomic E-state index is 13.1. The minimum absolute atomic E-state index is 0.0232. The Labute approximate surface area is 159 Å². The SMILES string of the molecule is CCc1ccc(S(=O)(=O)N(Cc2nnc(-c3ccccc3)o2)C(C)C)cc1. The summed E-state index contributed by atoms with van der Waals surface area (Å²) in [5.41, 5.74) is 1.89. The van der Waals surface area contributed by atoms with Crippen molar-refractivity contribution in [1.82, 2.24) is 14.5 Å². The third-order valence-corrected chi connectivity index (χ3v) is 6.33. The summed E-state index contributed by atoms with van der Waals surface area (Å²) in [6.07, 6.45) is 0.860. The van der Waals surface area contributed by atoms with Crippen molar-refractivity contribution in [2.45, 2.75) is 44.7 Å². The third-order valence-electron chi connectivity index (χ3n) is 4.29. The van der Waals surface area contributed by atoms with Crippen LogP contribution in [-0.2, 0) is 23.0 Å². The fraction of sp³-hybridized carbons (Fsp3) is 0.300. The summed E-state index contributed by atoms with van der Waals surface area (Å²) in [5.74, 6) is 0.635. The first kappa shape index (κ1) is 19.3. The molecule has 3 rings (SSSR count). The second-order valence-electron chi connectivity index (χ2n) is 6.51. The fourth-order valence-electron chi connectivity index (χ4n) is 2.73. The molecule has 0 unspecified atom stereocenters. The average molecular weight is 385 g/mol. The van der Waals surface area contributed by atoms with Crippen LogP contribution in [0.25, 0.3) is 11.5 Å². The molecule has 0 aliphatic carbocycles. The van der Waals surface area contributed by atoms with Gasteiger partial charge in [0.25, 0.3) is 0 Å². The first-order valence-corrected chi connectivity index (χ1v) is 10.3. The lowest BCUT2D eigenvalue weighted by atomic mass is 10.2. The number of sulfonamides is 1. The molecule has 0 fully saturated rings. The van der Waals surface area contributed by atoms with E-state index in [4.69, 9.17) is 4.42 Å². The van der Waals surface area contributed by atoms with Gasteiger partial charge in [-0.05, 0) is 50.1 Å². The van der Waals surface area contributed by atoms with Crippen molar-refractivity contribution in [3.63, 3.8) is 0 Å². The molecule has 27 heavy (non-hydrogen) atoms. The summed E-state index contributed by atoms with van der Waals surface area (Å²) >= 11 is 0. The van der Waals surface area contributed by atoms with Gasteiger partial charge in [0.1, 0.15) is 0 Å². The summed E-state index contributed by atoms with van der Waals surface area (Å²) in [7, 11) is -3.67. The maximum absolute atomic E-state index is 13.1. The molecule has 0 aliphatic heterocycles. The second kappa shape index (κ2) is 8.02. The van der Waals surface area contributed by atoms with E-state index in [9.17, 15) is 8.42 Å². The molecule has 1 aromatic heterocycles. The van der Waals surface area contributed by atoms with Crippen molar-refractivity contribution in [3.05, 3.63) is 66.1 Å². The lowest BCUT2D eigenvalue weighted by Crippen LogP contribution is -2.36. The Kier molecular flexibility index (Phi) is 5.72. The fourth-order valence-corrected chi connectivity index (χ4v) is 4.31. The highest BCUT2D eigenvalue weighted by Crippen LogP contribution is 2.23. The smallest absolute Gasteiger partial charge is 0.247 e. The molecule has 3 aromatic rings. The van der Waals surface area contributed by atoms with Crippen LogP contribution in [0.2, 0.25) is 0 Å². The monoisotopic (exact) mass is 385 g/mol. The van der Waals surface area contributed by atoms with Gasteiger partial charge in [0.05, 0.1) is 11.4 Å². The predicted octanol–water partition coefficient (Wildman–Crippen LogP) is 3.90. The molecular weight excluding hydrogens is 362 g/mol. The lowest BCUT2D eigenvalue weighted by Gasteiger charge is -2.24. The quantitative estimate of drug-likeness (QED) is 0.616. The molecule has 1 heterocycles. The van der Waals surface area contributed by atoms with E-state index in [1.165, 1.54) is 4.31 Å². The van der Waals surface area contributed by atoms with Crippen molar-refractivity contribution in [2.75, 3.05) is 0 Å². The summed E-state index contributed by atoms with van der Waals surface area (Å²) in [6.45, 7) is 5.71. The summed E-state index contributed by atoms with van der Waals surface area (Å²) in [5, 5.41) is 8.06. The molecule has 0 aliphatic rings. The molecule has 0 saturated heterocycles. The zero-order chi connectivity index (χ0) is 19.4. The Balaban J connectivity index is 1.86.